The normalized spacial score (nSPS) is 12.0. The molecular weight excluding hydrogens is 226 g/mol. The lowest BCUT2D eigenvalue weighted by atomic mass is 9.89. The van der Waals surface area contributed by atoms with Crippen LogP contribution in [-0.4, -0.2) is 26.0 Å². The Kier molecular flexibility index (Phi) is 6.93. The van der Waals surface area contributed by atoms with E-state index in [2.05, 4.69) is 16.7 Å². The zero-order valence-corrected chi connectivity index (χ0v) is 12.4. The molecule has 0 bridgehead atoms. The zero-order valence-electron chi connectivity index (χ0n) is 12.4. The van der Waals surface area contributed by atoms with Gasteiger partial charge in [-0.25, -0.2) is 0 Å². The summed E-state index contributed by atoms with van der Waals surface area (Å²) in [6.07, 6.45) is 2.99. The van der Waals surface area contributed by atoms with Crippen LogP contribution in [0, 0.1) is 22.2 Å². The number of nitrogens with zero attached hydrogens (tertiary/aromatic N) is 1. The molecule has 0 aliphatic rings. The maximum absolute atomic E-state index is 11.5. The van der Waals surface area contributed by atoms with Gasteiger partial charge in [-0.2, -0.15) is 5.26 Å². The van der Waals surface area contributed by atoms with Crippen LogP contribution < -0.4 is 10.6 Å². The minimum Gasteiger partial charge on any atom is -0.359 e. The van der Waals surface area contributed by atoms with E-state index in [1.807, 2.05) is 27.7 Å². The average molecular weight is 253 g/mol. The van der Waals surface area contributed by atoms with E-state index in [-0.39, 0.29) is 16.7 Å². The molecule has 0 fully saturated rings. The highest BCUT2D eigenvalue weighted by Crippen LogP contribution is 2.21. The van der Waals surface area contributed by atoms with Gasteiger partial charge in [0.1, 0.15) is 0 Å². The number of rotatable bonds is 8. The second-order valence-corrected chi connectivity index (χ2v) is 6.09. The number of hydrogen-bond acceptors (Lipinski definition) is 3. The molecule has 0 unspecified atom stereocenters. The van der Waals surface area contributed by atoms with Crippen LogP contribution >= 0.6 is 0 Å². The Balaban J connectivity index is 3.70. The van der Waals surface area contributed by atoms with Gasteiger partial charge in [0.25, 0.3) is 0 Å². The molecule has 0 saturated heterocycles. The number of carbonyl (C=O) groups is 1. The summed E-state index contributed by atoms with van der Waals surface area (Å²) in [5, 5.41) is 14.9. The smallest absolute Gasteiger partial charge is 0.226 e. The molecule has 0 aliphatic heterocycles. The third-order valence-corrected chi connectivity index (χ3v) is 3.12. The van der Waals surface area contributed by atoms with Crippen LogP contribution in [0.3, 0.4) is 0 Å². The molecule has 0 spiro atoms. The van der Waals surface area contributed by atoms with Gasteiger partial charge in [-0.3, -0.25) is 4.79 Å². The lowest BCUT2D eigenvalue weighted by molar-refractivity contribution is -0.128. The molecule has 0 atom stereocenters. The Labute approximate surface area is 111 Å². The fourth-order valence-electron chi connectivity index (χ4n) is 1.69. The molecule has 0 rings (SSSR count). The van der Waals surface area contributed by atoms with Crippen molar-refractivity contribution < 1.29 is 4.79 Å². The summed E-state index contributed by atoms with van der Waals surface area (Å²) < 4.78 is 0. The molecule has 0 aromatic carbocycles. The Hall–Kier alpha value is -1.08. The Morgan fingerprint density at radius 1 is 1.22 bits per heavy atom. The topological polar surface area (TPSA) is 64.9 Å². The summed E-state index contributed by atoms with van der Waals surface area (Å²) in [5.74, 6) is 0.0561. The van der Waals surface area contributed by atoms with E-state index in [1.54, 1.807) is 7.05 Å². The van der Waals surface area contributed by atoms with Crippen LogP contribution in [0.2, 0.25) is 0 Å². The van der Waals surface area contributed by atoms with Gasteiger partial charge in [0.2, 0.25) is 5.91 Å². The van der Waals surface area contributed by atoms with Crippen molar-refractivity contribution >= 4 is 5.91 Å². The van der Waals surface area contributed by atoms with Crippen LogP contribution in [-0.2, 0) is 4.79 Å². The maximum atomic E-state index is 11.5. The fourth-order valence-corrected chi connectivity index (χ4v) is 1.69. The van der Waals surface area contributed by atoms with E-state index in [0.29, 0.717) is 6.54 Å². The van der Waals surface area contributed by atoms with Gasteiger partial charge in [0.15, 0.2) is 0 Å². The van der Waals surface area contributed by atoms with Crippen molar-refractivity contribution in [2.45, 2.75) is 47.0 Å². The lowest BCUT2D eigenvalue weighted by Gasteiger charge is -2.23. The SMILES string of the molecule is CNC(=O)C(C)(C)CNCCCCC(C)(C)C#N. The highest BCUT2D eigenvalue weighted by molar-refractivity contribution is 5.81. The van der Waals surface area contributed by atoms with E-state index < -0.39 is 0 Å². The first kappa shape index (κ1) is 16.9. The number of carbonyl (C=O) groups excluding carboxylic acids is 1. The van der Waals surface area contributed by atoms with Crippen molar-refractivity contribution in [3.05, 3.63) is 0 Å². The van der Waals surface area contributed by atoms with Crippen molar-refractivity contribution in [1.29, 1.82) is 5.26 Å². The molecule has 18 heavy (non-hydrogen) atoms. The third kappa shape index (κ3) is 6.61. The molecule has 0 aromatic rings. The summed E-state index contributed by atoms with van der Waals surface area (Å²) in [5.41, 5.74) is -0.595. The Bertz CT molecular complexity index is 303. The predicted octanol–water partition coefficient (Wildman–Crippen LogP) is 2.07. The third-order valence-electron chi connectivity index (χ3n) is 3.12. The maximum Gasteiger partial charge on any atom is 0.226 e. The van der Waals surface area contributed by atoms with Crippen LogP contribution in [0.15, 0.2) is 0 Å². The van der Waals surface area contributed by atoms with Gasteiger partial charge < -0.3 is 10.6 Å². The van der Waals surface area contributed by atoms with Gasteiger partial charge in [0.05, 0.1) is 16.9 Å². The molecule has 4 nitrogen and oxygen atoms in total. The highest BCUT2D eigenvalue weighted by atomic mass is 16.2. The fraction of sp³-hybridized carbons (Fsp3) is 0.857. The van der Waals surface area contributed by atoms with Crippen molar-refractivity contribution in [1.82, 2.24) is 10.6 Å². The summed E-state index contributed by atoms with van der Waals surface area (Å²) >= 11 is 0. The molecule has 4 heteroatoms. The molecule has 1 amide bonds. The average Bonchev–Trinajstić information content (AvgIpc) is 2.32. The predicted molar refractivity (Wildman–Crippen MR) is 74.0 cm³/mol. The van der Waals surface area contributed by atoms with Crippen molar-refractivity contribution in [3.63, 3.8) is 0 Å². The Morgan fingerprint density at radius 2 is 1.83 bits per heavy atom. The molecule has 2 N–H and O–H groups in total. The Morgan fingerprint density at radius 3 is 2.33 bits per heavy atom. The summed E-state index contributed by atoms with van der Waals surface area (Å²) in [6, 6.07) is 2.31. The van der Waals surface area contributed by atoms with E-state index in [9.17, 15) is 4.79 Å². The molecule has 0 aliphatic carbocycles. The molecule has 0 aromatic heterocycles. The van der Waals surface area contributed by atoms with E-state index >= 15 is 0 Å². The molecule has 0 radical (unpaired) electrons. The molecule has 0 saturated carbocycles. The van der Waals surface area contributed by atoms with Crippen molar-refractivity contribution in [2.24, 2.45) is 10.8 Å². The number of amides is 1. The van der Waals surface area contributed by atoms with Crippen molar-refractivity contribution in [2.75, 3.05) is 20.1 Å². The monoisotopic (exact) mass is 253 g/mol. The number of hydrogen-bond donors (Lipinski definition) is 2. The van der Waals surface area contributed by atoms with Crippen LogP contribution in [0.25, 0.3) is 0 Å². The van der Waals surface area contributed by atoms with E-state index in [1.165, 1.54) is 0 Å². The lowest BCUT2D eigenvalue weighted by Crippen LogP contribution is -2.42. The molecule has 104 valence electrons. The second kappa shape index (κ2) is 7.38. The van der Waals surface area contributed by atoms with Gasteiger partial charge in [-0.15, -0.1) is 0 Å². The van der Waals surface area contributed by atoms with Crippen LogP contribution in [0.4, 0.5) is 0 Å². The van der Waals surface area contributed by atoms with E-state index in [4.69, 9.17) is 5.26 Å². The minimum absolute atomic E-state index is 0.0561. The largest absolute Gasteiger partial charge is 0.359 e. The van der Waals surface area contributed by atoms with Gasteiger partial charge in [-0.1, -0.05) is 6.42 Å². The molecule has 0 heterocycles. The highest BCUT2D eigenvalue weighted by Gasteiger charge is 2.25. The minimum atomic E-state index is -0.374. The summed E-state index contributed by atoms with van der Waals surface area (Å²) in [7, 11) is 1.66. The first-order chi connectivity index (χ1) is 8.25. The number of unbranched alkanes of at least 4 members (excludes halogenated alkanes) is 1. The molecular formula is C14H27N3O. The van der Waals surface area contributed by atoms with Crippen molar-refractivity contribution in [3.8, 4) is 6.07 Å². The summed E-state index contributed by atoms with van der Waals surface area (Å²) in [4.78, 5) is 11.5. The summed E-state index contributed by atoms with van der Waals surface area (Å²) in [6.45, 7) is 9.36. The van der Waals surface area contributed by atoms with Gasteiger partial charge in [-0.05, 0) is 47.1 Å². The standard InChI is InChI=1S/C14H27N3O/c1-13(2,10-15)8-6-7-9-17-11-14(3,4)12(18)16-5/h17H,6-9,11H2,1-5H3,(H,16,18). The van der Waals surface area contributed by atoms with Gasteiger partial charge >= 0.3 is 0 Å². The van der Waals surface area contributed by atoms with E-state index in [0.717, 1.165) is 25.8 Å². The second-order valence-electron chi connectivity index (χ2n) is 6.09. The number of nitriles is 1. The van der Waals surface area contributed by atoms with Crippen LogP contribution in [0.5, 0.6) is 0 Å². The quantitative estimate of drug-likeness (QED) is 0.651. The first-order valence-corrected chi connectivity index (χ1v) is 6.59. The first-order valence-electron chi connectivity index (χ1n) is 6.59. The number of nitrogens with one attached hydrogen (secondary N) is 2. The van der Waals surface area contributed by atoms with Gasteiger partial charge in [0, 0.05) is 13.6 Å². The zero-order chi connectivity index (χ0) is 14.2. The van der Waals surface area contributed by atoms with Crippen LogP contribution in [0.1, 0.15) is 47.0 Å².